The van der Waals surface area contributed by atoms with E-state index in [2.05, 4.69) is 5.32 Å². The van der Waals surface area contributed by atoms with E-state index in [0.29, 0.717) is 5.56 Å². The van der Waals surface area contributed by atoms with Crippen molar-refractivity contribution in [2.45, 2.75) is 31.0 Å². The number of nitrogens with zero attached hydrogens (tertiary/aromatic N) is 1. The van der Waals surface area contributed by atoms with Gasteiger partial charge in [-0.25, -0.2) is 0 Å². The molecule has 0 aromatic heterocycles. The number of primary amides is 1. The van der Waals surface area contributed by atoms with Crippen LogP contribution in [0.5, 0.6) is 5.75 Å². The summed E-state index contributed by atoms with van der Waals surface area (Å²) in [6.45, 7) is 1.63. The molecule has 12 heteroatoms. The lowest BCUT2D eigenvalue weighted by atomic mass is 9.55. The van der Waals surface area contributed by atoms with E-state index in [1.54, 1.807) is 25.9 Å². The van der Waals surface area contributed by atoms with Gasteiger partial charge in [0.1, 0.15) is 22.8 Å². The van der Waals surface area contributed by atoms with E-state index in [-0.39, 0.29) is 17.8 Å². The number of aromatic hydroxyl groups is 1. The van der Waals surface area contributed by atoms with Crippen molar-refractivity contribution < 1.29 is 44.7 Å². The van der Waals surface area contributed by atoms with Gasteiger partial charge in [0.05, 0.1) is 23.9 Å². The summed E-state index contributed by atoms with van der Waals surface area (Å²) in [5.74, 6) is -9.89. The van der Waals surface area contributed by atoms with E-state index in [1.807, 2.05) is 0 Å². The lowest BCUT2D eigenvalue weighted by Gasteiger charge is -2.50. The van der Waals surface area contributed by atoms with Crippen LogP contribution in [0.25, 0.3) is 5.76 Å². The summed E-state index contributed by atoms with van der Waals surface area (Å²) >= 11 is 0. The number of hydrogen-bond donors (Lipinski definition) is 7. The first kappa shape index (κ1) is 25.4. The molecule has 192 valence electrons. The van der Waals surface area contributed by atoms with Gasteiger partial charge in [0.2, 0.25) is 11.7 Å². The number of ketones is 2. The van der Waals surface area contributed by atoms with Crippen molar-refractivity contribution in [3.05, 3.63) is 40.2 Å². The molecule has 2 amide bonds. The summed E-state index contributed by atoms with van der Waals surface area (Å²) in [5.41, 5.74) is 0.941. The Bertz CT molecular complexity index is 1280. The lowest BCUT2D eigenvalue weighted by molar-refractivity contribution is -0.160. The van der Waals surface area contributed by atoms with Gasteiger partial charge >= 0.3 is 0 Å². The molecule has 1 aromatic carbocycles. The molecule has 3 aliphatic rings. The van der Waals surface area contributed by atoms with Crippen molar-refractivity contribution >= 4 is 34.8 Å². The summed E-state index contributed by atoms with van der Waals surface area (Å²) in [7, 11) is 3.35. The number of phenols is 1. The van der Waals surface area contributed by atoms with Crippen molar-refractivity contribution in [1.29, 1.82) is 0 Å². The molecule has 0 heterocycles. The summed E-state index contributed by atoms with van der Waals surface area (Å²) in [6, 6.07) is 2.94. The number of aliphatic hydroxyl groups excluding tert-OH is 3. The fourth-order valence-electron chi connectivity index (χ4n) is 5.58. The molecule has 8 N–H and O–H groups in total. The average Bonchev–Trinajstić information content (AvgIpc) is 2.77. The first-order valence-corrected chi connectivity index (χ1v) is 11.2. The van der Waals surface area contributed by atoms with Crippen molar-refractivity contribution in [3.63, 3.8) is 0 Å². The Balaban J connectivity index is 1.90. The van der Waals surface area contributed by atoms with Crippen molar-refractivity contribution in [2.24, 2.45) is 17.6 Å². The van der Waals surface area contributed by atoms with Crippen LogP contribution in [0.15, 0.2) is 29.0 Å². The molecular formula is C24H27N3O9. The molecule has 12 nitrogen and oxygen atoms in total. The number of anilines is 1. The number of nitrogens with two attached hydrogens (primary N) is 1. The number of likely N-dealkylation sites (N-methyl/N-ethyl adjacent to an activating group) is 1. The predicted octanol–water partition coefficient (Wildman–Crippen LogP) is -0.544. The largest absolute Gasteiger partial charge is 0.508 e. The number of rotatable bonds is 4. The number of amides is 2. The molecule has 1 aromatic rings. The lowest BCUT2D eigenvalue weighted by Crippen LogP contribution is -2.63. The third-order valence-electron chi connectivity index (χ3n) is 7.23. The molecular weight excluding hydrogens is 474 g/mol. The van der Waals surface area contributed by atoms with Gasteiger partial charge in [-0.05, 0) is 31.6 Å². The van der Waals surface area contributed by atoms with E-state index in [1.165, 1.54) is 12.1 Å². The van der Waals surface area contributed by atoms with Crippen LogP contribution >= 0.6 is 0 Å². The first-order valence-electron chi connectivity index (χ1n) is 11.2. The summed E-state index contributed by atoms with van der Waals surface area (Å²) < 4.78 is 0. The molecule has 1 saturated carbocycles. The zero-order valence-corrected chi connectivity index (χ0v) is 19.8. The standard InChI is InChI=1S/C24H27N3O9/c1-8-9-4-5-11(26-13(29)7-27(2)3)19(31)15(9)20(32)17-14(8)18(30)10-6-12(28)16(23(25)35)21(33)24(10,36)22(17)34/h4-5,8,10,14,18,30-33,36H,6-7H2,1-3H3,(H2,25,35)(H,26,29)/t8-,10-,14-,18+,24-/m1/s1. The van der Waals surface area contributed by atoms with E-state index in [9.17, 15) is 44.7 Å². The van der Waals surface area contributed by atoms with Gasteiger partial charge in [-0.2, -0.15) is 0 Å². The second-order valence-electron chi connectivity index (χ2n) is 9.70. The minimum absolute atomic E-state index is 0.00764. The Kier molecular flexibility index (Phi) is 5.94. The highest BCUT2D eigenvalue weighted by molar-refractivity contribution is 6.23. The highest BCUT2D eigenvalue weighted by Crippen LogP contribution is 2.56. The third-order valence-corrected chi connectivity index (χ3v) is 7.23. The van der Waals surface area contributed by atoms with Gasteiger partial charge in [-0.15, -0.1) is 0 Å². The Labute approximate surface area is 205 Å². The number of nitrogens with one attached hydrogen (secondary N) is 1. The predicted molar refractivity (Wildman–Crippen MR) is 125 cm³/mol. The molecule has 0 saturated heterocycles. The Morgan fingerprint density at radius 2 is 1.83 bits per heavy atom. The van der Waals surface area contributed by atoms with Crippen molar-refractivity contribution in [2.75, 3.05) is 26.0 Å². The molecule has 0 aliphatic heterocycles. The average molecular weight is 501 g/mol. The molecule has 1 fully saturated rings. The fraction of sp³-hybridized carbons (Fsp3) is 0.417. The quantitative estimate of drug-likeness (QED) is 0.207. The minimum Gasteiger partial charge on any atom is -0.508 e. The Hall–Kier alpha value is -3.74. The normalized spacial score (nSPS) is 29.6. The minimum atomic E-state index is -2.90. The topological polar surface area (TPSA) is 211 Å². The van der Waals surface area contributed by atoms with Crippen LogP contribution < -0.4 is 11.1 Å². The van der Waals surface area contributed by atoms with Crippen LogP contribution in [0.3, 0.4) is 0 Å². The van der Waals surface area contributed by atoms with E-state index >= 15 is 0 Å². The molecule has 5 atom stereocenters. The number of fused-ring (bicyclic) bond motifs is 3. The Morgan fingerprint density at radius 1 is 1.19 bits per heavy atom. The van der Waals surface area contributed by atoms with Crippen molar-refractivity contribution in [3.8, 4) is 5.75 Å². The maximum Gasteiger partial charge on any atom is 0.255 e. The van der Waals surface area contributed by atoms with Gasteiger partial charge < -0.3 is 41.5 Å². The van der Waals surface area contributed by atoms with Gasteiger partial charge in [-0.3, -0.25) is 19.2 Å². The number of aliphatic hydroxyl groups is 4. The molecule has 36 heavy (non-hydrogen) atoms. The maximum atomic E-state index is 13.6. The van der Waals surface area contributed by atoms with Gasteiger partial charge in [0.15, 0.2) is 11.4 Å². The van der Waals surface area contributed by atoms with Crippen molar-refractivity contribution in [1.82, 2.24) is 4.90 Å². The van der Waals surface area contributed by atoms with Crippen LogP contribution in [0.4, 0.5) is 5.69 Å². The molecule has 0 radical (unpaired) electrons. The first-order chi connectivity index (χ1) is 16.7. The molecule has 0 bridgehead atoms. The molecule has 0 spiro atoms. The van der Waals surface area contributed by atoms with E-state index in [4.69, 9.17) is 5.73 Å². The smallest absolute Gasteiger partial charge is 0.255 e. The number of carbonyl (C=O) groups excluding carboxylic acids is 4. The highest BCUT2D eigenvalue weighted by Gasteiger charge is 2.64. The van der Waals surface area contributed by atoms with Crippen LogP contribution in [-0.2, 0) is 19.2 Å². The van der Waals surface area contributed by atoms with Crippen LogP contribution in [0, 0.1) is 11.8 Å². The van der Waals surface area contributed by atoms with E-state index < -0.39 is 87.7 Å². The van der Waals surface area contributed by atoms with Crippen LogP contribution in [0.1, 0.15) is 30.4 Å². The third kappa shape index (κ3) is 3.40. The zero-order chi connectivity index (χ0) is 26.9. The zero-order valence-electron chi connectivity index (χ0n) is 19.8. The van der Waals surface area contributed by atoms with Gasteiger partial charge in [0.25, 0.3) is 5.91 Å². The number of Topliss-reactive ketones (excluding diaryl/α,β-unsaturated/α-hetero) is 2. The summed E-state index contributed by atoms with van der Waals surface area (Å²) in [5, 5.41) is 57.7. The Morgan fingerprint density at radius 3 is 2.42 bits per heavy atom. The highest BCUT2D eigenvalue weighted by atomic mass is 16.4. The maximum absolute atomic E-state index is 13.6. The van der Waals surface area contributed by atoms with Crippen LogP contribution in [-0.4, -0.2) is 86.2 Å². The fourth-order valence-corrected chi connectivity index (χ4v) is 5.58. The number of benzene rings is 1. The van der Waals surface area contributed by atoms with Gasteiger partial charge in [-0.1, -0.05) is 13.0 Å². The second-order valence-corrected chi connectivity index (χ2v) is 9.70. The monoisotopic (exact) mass is 501 g/mol. The SMILES string of the molecule is C[C@@H]1c2ccc(NC(=O)CN(C)C)c(O)c2C(O)=C2C(=O)[C@]3(O)C(O)=C(C(N)=O)C(=O)C[C@@H]3[C@H](O)[C@@H]21. The van der Waals surface area contributed by atoms with Gasteiger partial charge in [0, 0.05) is 23.8 Å². The molecule has 3 aliphatic carbocycles. The number of hydrogen-bond acceptors (Lipinski definition) is 10. The number of carbonyl (C=O) groups is 4. The summed E-state index contributed by atoms with van der Waals surface area (Å²) in [6.07, 6.45) is -2.24. The summed E-state index contributed by atoms with van der Waals surface area (Å²) in [4.78, 5) is 51.6. The molecule has 0 unspecified atom stereocenters. The van der Waals surface area contributed by atoms with Crippen LogP contribution in [0.2, 0.25) is 0 Å². The number of phenolic OH excluding ortho intramolecular Hbond substituents is 1. The second kappa shape index (κ2) is 8.43. The van der Waals surface area contributed by atoms with E-state index in [0.717, 1.165) is 0 Å². The molecule has 4 rings (SSSR count).